The maximum Gasteiger partial charge on any atom is 0.348 e. The average Bonchev–Trinajstić information content (AvgIpc) is 2.80. The van der Waals surface area contributed by atoms with Gasteiger partial charge in [-0.3, -0.25) is 4.79 Å². The van der Waals surface area contributed by atoms with Gasteiger partial charge in [0.2, 0.25) is 5.78 Å². The molecule has 2 aromatic rings. The average molecular weight is 341 g/mol. The Kier molecular flexibility index (Phi) is 4.01. The number of hydrogen-bond acceptors (Lipinski definition) is 5. The van der Waals surface area contributed by atoms with E-state index < -0.39 is 5.97 Å². The third-order valence-corrected chi connectivity index (χ3v) is 4.04. The van der Waals surface area contributed by atoms with E-state index in [0.29, 0.717) is 5.56 Å². The SMILES string of the molecule is COC(=O)c1cc(O)c(C(=O)c2ccc(Br)cc2)s1. The molecule has 0 aliphatic heterocycles. The molecular formula is C13H9BrO4S. The minimum absolute atomic E-state index is 0.128. The third-order valence-electron chi connectivity index (χ3n) is 2.41. The Bertz CT molecular complexity index is 631. The van der Waals surface area contributed by atoms with Gasteiger partial charge >= 0.3 is 5.97 Å². The largest absolute Gasteiger partial charge is 0.506 e. The molecule has 0 radical (unpaired) electrons. The predicted molar refractivity (Wildman–Crippen MR) is 74.9 cm³/mol. The Labute approximate surface area is 121 Å². The second-order valence-corrected chi connectivity index (χ2v) is 5.62. The minimum atomic E-state index is -0.574. The molecule has 1 heterocycles. The normalized spacial score (nSPS) is 10.2. The number of carbonyl (C=O) groups excluding carboxylic acids is 2. The van der Waals surface area contributed by atoms with Crippen LogP contribution in [-0.4, -0.2) is 24.0 Å². The van der Waals surface area contributed by atoms with Crippen molar-refractivity contribution in [1.29, 1.82) is 0 Å². The van der Waals surface area contributed by atoms with Crippen molar-refractivity contribution >= 4 is 39.0 Å². The summed E-state index contributed by atoms with van der Waals surface area (Å²) in [6.07, 6.45) is 0. The summed E-state index contributed by atoms with van der Waals surface area (Å²) in [5.74, 6) is -1.11. The van der Waals surface area contributed by atoms with Crippen molar-refractivity contribution in [2.24, 2.45) is 0 Å². The third kappa shape index (κ3) is 2.85. The number of halogens is 1. The summed E-state index contributed by atoms with van der Waals surface area (Å²) in [5.41, 5.74) is 0.441. The summed E-state index contributed by atoms with van der Waals surface area (Å²) in [4.78, 5) is 23.9. The van der Waals surface area contributed by atoms with Gasteiger partial charge in [0.15, 0.2) is 0 Å². The molecule has 0 saturated carbocycles. The fourth-order valence-corrected chi connectivity index (χ4v) is 2.67. The lowest BCUT2D eigenvalue weighted by atomic mass is 10.1. The van der Waals surface area contributed by atoms with Crippen LogP contribution in [0.2, 0.25) is 0 Å². The molecule has 0 aliphatic carbocycles. The molecule has 1 N–H and O–H groups in total. The zero-order chi connectivity index (χ0) is 14.0. The highest BCUT2D eigenvalue weighted by atomic mass is 79.9. The number of esters is 1. The lowest BCUT2D eigenvalue weighted by molar-refractivity contribution is 0.0606. The Morgan fingerprint density at radius 2 is 1.89 bits per heavy atom. The molecule has 1 aromatic heterocycles. The van der Waals surface area contributed by atoms with Crippen LogP contribution in [0, 0.1) is 0 Å². The van der Waals surface area contributed by atoms with Crippen LogP contribution in [0.1, 0.15) is 24.9 Å². The van der Waals surface area contributed by atoms with Gasteiger partial charge in [-0.15, -0.1) is 11.3 Å². The van der Waals surface area contributed by atoms with Crippen LogP contribution in [0.5, 0.6) is 5.75 Å². The van der Waals surface area contributed by atoms with Crippen LogP contribution < -0.4 is 0 Å². The number of methoxy groups -OCH3 is 1. The van der Waals surface area contributed by atoms with Crippen molar-refractivity contribution in [3.63, 3.8) is 0 Å². The van der Waals surface area contributed by atoms with E-state index in [4.69, 9.17) is 0 Å². The molecule has 0 fully saturated rings. The first kappa shape index (κ1) is 13.8. The van der Waals surface area contributed by atoms with Crippen molar-refractivity contribution in [2.45, 2.75) is 0 Å². The van der Waals surface area contributed by atoms with Gasteiger partial charge < -0.3 is 9.84 Å². The maximum absolute atomic E-state index is 12.2. The van der Waals surface area contributed by atoms with Gasteiger partial charge in [-0.2, -0.15) is 0 Å². The Hall–Kier alpha value is -1.66. The molecule has 0 spiro atoms. The first-order valence-corrected chi connectivity index (χ1v) is 6.85. The molecule has 0 bridgehead atoms. The number of ether oxygens (including phenoxy) is 1. The molecule has 4 nitrogen and oxygen atoms in total. The molecule has 0 unspecified atom stereocenters. The van der Waals surface area contributed by atoms with E-state index in [1.807, 2.05) is 0 Å². The molecule has 0 saturated heterocycles. The second kappa shape index (κ2) is 5.54. The van der Waals surface area contributed by atoms with Gasteiger partial charge in [0.1, 0.15) is 15.5 Å². The molecule has 1 aromatic carbocycles. The van der Waals surface area contributed by atoms with E-state index in [-0.39, 0.29) is 21.3 Å². The molecule has 6 heteroatoms. The van der Waals surface area contributed by atoms with Crippen molar-refractivity contribution in [2.75, 3.05) is 7.11 Å². The highest BCUT2D eigenvalue weighted by Crippen LogP contribution is 2.31. The van der Waals surface area contributed by atoms with Gasteiger partial charge in [-0.25, -0.2) is 4.79 Å². The minimum Gasteiger partial charge on any atom is -0.506 e. The molecular weight excluding hydrogens is 332 g/mol. The van der Waals surface area contributed by atoms with E-state index in [1.54, 1.807) is 24.3 Å². The van der Waals surface area contributed by atoms with Crippen LogP contribution in [0.15, 0.2) is 34.8 Å². The number of carbonyl (C=O) groups is 2. The summed E-state index contributed by atoms with van der Waals surface area (Å²) in [6, 6.07) is 7.99. The fraction of sp³-hybridized carbons (Fsp3) is 0.0769. The summed E-state index contributed by atoms with van der Waals surface area (Å²) in [5, 5.41) is 9.73. The van der Waals surface area contributed by atoms with Crippen molar-refractivity contribution in [1.82, 2.24) is 0 Å². The lowest BCUT2D eigenvalue weighted by Crippen LogP contribution is -1.99. The summed E-state index contributed by atoms with van der Waals surface area (Å²) < 4.78 is 5.40. The van der Waals surface area contributed by atoms with Gasteiger partial charge in [0, 0.05) is 16.1 Å². The standard InChI is InChI=1S/C13H9BrO4S/c1-18-13(17)10-6-9(15)12(19-10)11(16)7-2-4-8(14)5-3-7/h2-6,15H,1H3. The van der Waals surface area contributed by atoms with Crippen molar-refractivity contribution in [3.05, 3.63) is 50.1 Å². The van der Waals surface area contributed by atoms with Crippen molar-refractivity contribution < 1.29 is 19.4 Å². The van der Waals surface area contributed by atoms with Gasteiger partial charge in [-0.1, -0.05) is 15.9 Å². The quantitative estimate of drug-likeness (QED) is 0.688. The number of thiophene rings is 1. The number of ketones is 1. The van der Waals surface area contributed by atoms with E-state index in [1.165, 1.54) is 13.2 Å². The van der Waals surface area contributed by atoms with Crippen LogP contribution in [0.4, 0.5) is 0 Å². The second-order valence-electron chi connectivity index (χ2n) is 3.65. The molecule has 0 aliphatic rings. The molecule has 0 atom stereocenters. The van der Waals surface area contributed by atoms with E-state index >= 15 is 0 Å². The number of rotatable bonds is 3. The molecule has 98 valence electrons. The first-order chi connectivity index (χ1) is 9.02. The van der Waals surface area contributed by atoms with Crippen LogP contribution in [0.3, 0.4) is 0 Å². The van der Waals surface area contributed by atoms with E-state index in [2.05, 4.69) is 20.7 Å². The van der Waals surface area contributed by atoms with Crippen LogP contribution in [0.25, 0.3) is 0 Å². The van der Waals surface area contributed by atoms with Crippen LogP contribution in [-0.2, 0) is 4.74 Å². The zero-order valence-electron chi connectivity index (χ0n) is 9.84. The van der Waals surface area contributed by atoms with Crippen LogP contribution >= 0.6 is 27.3 Å². The monoisotopic (exact) mass is 340 g/mol. The summed E-state index contributed by atoms with van der Waals surface area (Å²) in [6.45, 7) is 0. The van der Waals surface area contributed by atoms with Crippen molar-refractivity contribution in [3.8, 4) is 5.75 Å². The van der Waals surface area contributed by atoms with E-state index in [9.17, 15) is 14.7 Å². The van der Waals surface area contributed by atoms with Gasteiger partial charge in [-0.05, 0) is 24.3 Å². The molecule has 19 heavy (non-hydrogen) atoms. The van der Waals surface area contributed by atoms with Gasteiger partial charge in [0.05, 0.1) is 7.11 Å². The highest BCUT2D eigenvalue weighted by molar-refractivity contribution is 9.10. The lowest BCUT2D eigenvalue weighted by Gasteiger charge is -1.99. The number of aromatic hydroxyl groups is 1. The number of benzene rings is 1. The fourth-order valence-electron chi connectivity index (χ4n) is 1.48. The van der Waals surface area contributed by atoms with Gasteiger partial charge in [0.25, 0.3) is 0 Å². The van der Waals surface area contributed by atoms with E-state index in [0.717, 1.165) is 15.8 Å². The molecule has 2 rings (SSSR count). The Morgan fingerprint density at radius 1 is 1.26 bits per heavy atom. The zero-order valence-corrected chi connectivity index (χ0v) is 12.2. The maximum atomic E-state index is 12.2. The smallest absolute Gasteiger partial charge is 0.348 e. The number of hydrogen-bond donors (Lipinski definition) is 1. The predicted octanol–water partition coefficient (Wildman–Crippen LogP) is 3.23. The Balaban J connectivity index is 2.36. The highest BCUT2D eigenvalue weighted by Gasteiger charge is 2.20. The summed E-state index contributed by atoms with van der Waals surface area (Å²) in [7, 11) is 1.25. The summed E-state index contributed by atoms with van der Waals surface area (Å²) >= 11 is 4.19. The topological polar surface area (TPSA) is 63.6 Å². The first-order valence-electron chi connectivity index (χ1n) is 5.24. The molecule has 0 amide bonds. The Morgan fingerprint density at radius 3 is 2.47 bits per heavy atom.